The van der Waals surface area contributed by atoms with Crippen LogP contribution in [0.1, 0.15) is 31.2 Å². The van der Waals surface area contributed by atoms with Crippen LogP contribution in [0.15, 0.2) is 30.3 Å². The molecule has 2 rings (SSSR count). The molecule has 0 radical (unpaired) electrons. The van der Waals surface area contributed by atoms with Gasteiger partial charge in [-0.05, 0) is 18.4 Å². The van der Waals surface area contributed by atoms with Gasteiger partial charge in [0.05, 0.1) is 12.0 Å². The molecular weight excluding hydrogens is 188 g/mol. The van der Waals surface area contributed by atoms with E-state index in [0.29, 0.717) is 6.42 Å². The first-order valence-corrected chi connectivity index (χ1v) is 5.49. The second-order valence-corrected chi connectivity index (χ2v) is 4.24. The van der Waals surface area contributed by atoms with Crippen molar-refractivity contribution in [3.63, 3.8) is 0 Å². The van der Waals surface area contributed by atoms with Crippen LogP contribution in [-0.4, -0.2) is 17.5 Å². The summed E-state index contributed by atoms with van der Waals surface area (Å²) in [5.41, 5.74) is 0.358. The monoisotopic (exact) mass is 204 g/mol. The molecule has 0 aliphatic heterocycles. The van der Waals surface area contributed by atoms with Crippen LogP contribution in [0.4, 0.5) is 0 Å². The molecule has 2 heteroatoms. The Kier molecular flexibility index (Phi) is 2.87. The highest BCUT2D eigenvalue weighted by Gasteiger charge is 2.40. The van der Waals surface area contributed by atoms with Crippen molar-refractivity contribution in [1.29, 1.82) is 0 Å². The third-order valence-electron chi connectivity index (χ3n) is 3.39. The molecule has 0 aromatic heterocycles. The maximum absolute atomic E-state index is 12.0. The molecule has 1 aliphatic rings. The van der Waals surface area contributed by atoms with E-state index in [1.54, 1.807) is 0 Å². The van der Waals surface area contributed by atoms with Crippen molar-refractivity contribution in [2.24, 2.45) is 0 Å². The lowest BCUT2D eigenvalue weighted by atomic mass is 9.69. The van der Waals surface area contributed by atoms with Crippen LogP contribution in [0.2, 0.25) is 0 Å². The molecule has 0 bridgehead atoms. The summed E-state index contributed by atoms with van der Waals surface area (Å²) < 4.78 is 0. The summed E-state index contributed by atoms with van der Waals surface area (Å²) in [6.45, 7) is -0.0597. The van der Waals surface area contributed by atoms with E-state index >= 15 is 0 Å². The second-order valence-electron chi connectivity index (χ2n) is 4.24. The Bertz CT molecular complexity index is 345. The number of Topliss-reactive ketones (excluding diaryl/α,β-unsaturated/α-hetero) is 1. The first kappa shape index (κ1) is 10.4. The number of ketones is 1. The summed E-state index contributed by atoms with van der Waals surface area (Å²) in [4.78, 5) is 12.0. The molecule has 1 aliphatic carbocycles. The van der Waals surface area contributed by atoms with Gasteiger partial charge in [-0.3, -0.25) is 4.79 Å². The highest BCUT2D eigenvalue weighted by Crippen LogP contribution is 2.36. The normalized spacial score (nSPS) is 26.6. The maximum atomic E-state index is 12.0. The standard InChI is InChI=1S/C13H16O2/c14-10-13(9-5-4-8-12(13)15)11-6-2-1-3-7-11/h1-3,6-7,14H,4-5,8-10H2/t13-/m1/s1. The molecule has 1 atom stereocenters. The van der Waals surface area contributed by atoms with Crippen molar-refractivity contribution in [3.8, 4) is 0 Å². The van der Waals surface area contributed by atoms with Crippen LogP contribution in [0, 0.1) is 0 Å². The predicted molar refractivity (Wildman–Crippen MR) is 58.7 cm³/mol. The number of carbonyl (C=O) groups is 1. The van der Waals surface area contributed by atoms with Gasteiger partial charge < -0.3 is 5.11 Å². The third-order valence-corrected chi connectivity index (χ3v) is 3.39. The minimum atomic E-state index is -0.612. The first-order chi connectivity index (χ1) is 7.29. The van der Waals surface area contributed by atoms with E-state index in [0.717, 1.165) is 24.8 Å². The summed E-state index contributed by atoms with van der Waals surface area (Å²) in [6.07, 6.45) is 3.39. The van der Waals surface area contributed by atoms with Gasteiger partial charge in [0.1, 0.15) is 5.78 Å². The molecule has 0 unspecified atom stereocenters. The Hall–Kier alpha value is -1.15. The van der Waals surface area contributed by atoms with E-state index in [1.165, 1.54) is 0 Å². The van der Waals surface area contributed by atoms with E-state index in [4.69, 9.17) is 0 Å². The van der Waals surface area contributed by atoms with Gasteiger partial charge in [-0.2, -0.15) is 0 Å². The minimum absolute atomic E-state index is 0.0597. The van der Waals surface area contributed by atoms with Gasteiger partial charge in [-0.1, -0.05) is 36.8 Å². The molecule has 0 heterocycles. The van der Waals surface area contributed by atoms with Crippen LogP contribution in [0.3, 0.4) is 0 Å². The van der Waals surface area contributed by atoms with Crippen molar-refractivity contribution >= 4 is 5.78 Å². The van der Waals surface area contributed by atoms with E-state index in [2.05, 4.69) is 0 Å². The van der Waals surface area contributed by atoms with Gasteiger partial charge in [-0.15, -0.1) is 0 Å². The number of hydrogen-bond acceptors (Lipinski definition) is 2. The predicted octanol–water partition coefficient (Wildman–Crippen LogP) is 2.06. The van der Waals surface area contributed by atoms with Crippen molar-refractivity contribution in [2.45, 2.75) is 31.1 Å². The summed E-state index contributed by atoms with van der Waals surface area (Å²) in [5, 5.41) is 9.54. The zero-order valence-corrected chi connectivity index (χ0v) is 8.78. The lowest BCUT2D eigenvalue weighted by molar-refractivity contribution is -0.128. The fourth-order valence-electron chi connectivity index (χ4n) is 2.41. The van der Waals surface area contributed by atoms with Crippen LogP contribution in [-0.2, 0) is 10.2 Å². The minimum Gasteiger partial charge on any atom is -0.395 e. The summed E-state index contributed by atoms with van der Waals surface area (Å²) in [7, 11) is 0. The molecule has 2 nitrogen and oxygen atoms in total. The van der Waals surface area contributed by atoms with Crippen LogP contribution < -0.4 is 0 Å². The Morgan fingerprint density at radius 2 is 1.93 bits per heavy atom. The van der Waals surface area contributed by atoms with Crippen LogP contribution in [0.25, 0.3) is 0 Å². The van der Waals surface area contributed by atoms with Crippen LogP contribution in [0.5, 0.6) is 0 Å². The van der Waals surface area contributed by atoms with Crippen LogP contribution >= 0.6 is 0 Å². The fourth-order valence-corrected chi connectivity index (χ4v) is 2.41. The number of hydrogen-bond donors (Lipinski definition) is 1. The Morgan fingerprint density at radius 3 is 2.53 bits per heavy atom. The van der Waals surface area contributed by atoms with Gasteiger partial charge in [0.2, 0.25) is 0 Å². The molecular formula is C13H16O2. The Labute approximate surface area is 89.9 Å². The number of rotatable bonds is 2. The zero-order chi connectivity index (χ0) is 10.7. The number of aliphatic hydroxyl groups excluding tert-OH is 1. The van der Waals surface area contributed by atoms with E-state index in [1.807, 2.05) is 30.3 Å². The molecule has 1 aromatic carbocycles. The van der Waals surface area contributed by atoms with Gasteiger partial charge >= 0.3 is 0 Å². The smallest absolute Gasteiger partial charge is 0.145 e. The van der Waals surface area contributed by atoms with Gasteiger partial charge in [0.15, 0.2) is 0 Å². The Balaban J connectivity index is 2.40. The van der Waals surface area contributed by atoms with Gasteiger partial charge in [-0.25, -0.2) is 0 Å². The molecule has 1 fully saturated rings. The molecule has 1 aromatic rings. The topological polar surface area (TPSA) is 37.3 Å². The van der Waals surface area contributed by atoms with E-state index < -0.39 is 5.41 Å². The lowest BCUT2D eigenvalue weighted by Crippen LogP contribution is -2.41. The van der Waals surface area contributed by atoms with Crippen molar-refractivity contribution < 1.29 is 9.90 Å². The molecule has 15 heavy (non-hydrogen) atoms. The van der Waals surface area contributed by atoms with Crippen molar-refractivity contribution in [1.82, 2.24) is 0 Å². The number of benzene rings is 1. The average molecular weight is 204 g/mol. The second kappa shape index (κ2) is 4.15. The number of aliphatic hydroxyl groups is 1. The lowest BCUT2D eigenvalue weighted by Gasteiger charge is -2.34. The summed E-state index contributed by atoms with van der Waals surface area (Å²) in [5.74, 6) is 0.197. The molecule has 0 amide bonds. The van der Waals surface area contributed by atoms with E-state index in [-0.39, 0.29) is 12.4 Å². The highest BCUT2D eigenvalue weighted by atomic mass is 16.3. The first-order valence-electron chi connectivity index (χ1n) is 5.49. The zero-order valence-electron chi connectivity index (χ0n) is 8.78. The summed E-state index contributed by atoms with van der Waals surface area (Å²) >= 11 is 0. The highest BCUT2D eigenvalue weighted by molar-refractivity contribution is 5.91. The molecule has 0 saturated heterocycles. The van der Waals surface area contributed by atoms with Crippen molar-refractivity contribution in [3.05, 3.63) is 35.9 Å². The average Bonchev–Trinajstić information content (AvgIpc) is 2.31. The molecule has 80 valence electrons. The Morgan fingerprint density at radius 1 is 1.20 bits per heavy atom. The molecule has 1 saturated carbocycles. The van der Waals surface area contributed by atoms with Gasteiger partial charge in [0, 0.05) is 6.42 Å². The quantitative estimate of drug-likeness (QED) is 0.800. The number of carbonyl (C=O) groups excluding carboxylic acids is 1. The van der Waals surface area contributed by atoms with Gasteiger partial charge in [0.25, 0.3) is 0 Å². The largest absolute Gasteiger partial charge is 0.395 e. The maximum Gasteiger partial charge on any atom is 0.145 e. The molecule has 1 N–H and O–H groups in total. The SMILES string of the molecule is O=C1CCCC[C@@]1(CO)c1ccccc1. The summed E-state index contributed by atoms with van der Waals surface area (Å²) in [6, 6.07) is 9.67. The van der Waals surface area contributed by atoms with E-state index in [9.17, 15) is 9.90 Å². The molecule has 0 spiro atoms. The van der Waals surface area contributed by atoms with Crippen molar-refractivity contribution in [2.75, 3.05) is 6.61 Å². The third kappa shape index (κ3) is 1.70. The fraction of sp³-hybridized carbons (Fsp3) is 0.462.